The van der Waals surface area contributed by atoms with E-state index in [2.05, 4.69) is 6.58 Å². The Morgan fingerprint density at radius 2 is 2.12 bits per heavy atom. The lowest BCUT2D eigenvalue weighted by Crippen LogP contribution is -2.28. The van der Waals surface area contributed by atoms with E-state index in [0.29, 0.717) is 12.1 Å². The first kappa shape index (κ1) is 12.3. The Hall–Kier alpha value is -1.77. The number of hydrogen-bond donors (Lipinski definition) is 1. The van der Waals surface area contributed by atoms with Gasteiger partial charge in [-0.05, 0) is 37.6 Å². The number of phenols is 1. The van der Waals surface area contributed by atoms with Gasteiger partial charge in [0.1, 0.15) is 5.75 Å². The zero-order chi connectivity index (χ0) is 12.3. The summed E-state index contributed by atoms with van der Waals surface area (Å²) in [6.07, 6.45) is 0. The van der Waals surface area contributed by atoms with Gasteiger partial charge in [0, 0.05) is 19.2 Å². The molecule has 0 bridgehead atoms. The van der Waals surface area contributed by atoms with Gasteiger partial charge >= 0.3 is 0 Å². The molecule has 3 heteroatoms. The molecule has 1 aromatic carbocycles. The maximum atomic E-state index is 12.0. The van der Waals surface area contributed by atoms with Crippen LogP contribution in [0.15, 0.2) is 30.4 Å². The van der Waals surface area contributed by atoms with Crippen molar-refractivity contribution >= 4 is 5.91 Å². The van der Waals surface area contributed by atoms with Crippen molar-refractivity contribution in [3.63, 3.8) is 0 Å². The van der Waals surface area contributed by atoms with Crippen LogP contribution in [-0.4, -0.2) is 29.5 Å². The smallest absolute Gasteiger partial charge is 0.254 e. The van der Waals surface area contributed by atoms with Gasteiger partial charge in [0.25, 0.3) is 5.91 Å². The van der Waals surface area contributed by atoms with Crippen LogP contribution in [0.4, 0.5) is 0 Å². The number of likely N-dealkylation sites (N-methyl/N-ethyl adjacent to an activating group) is 1. The molecule has 0 aliphatic carbocycles. The molecule has 0 unspecified atom stereocenters. The molecular formula is C13H17NO2. The summed E-state index contributed by atoms with van der Waals surface area (Å²) < 4.78 is 0. The van der Waals surface area contributed by atoms with Gasteiger partial charge in [-0.15, -0.1) is 0 Å². The average molecular weight is 219 g/mol. The van der Waals surface area contributed by atoms with E-state index in [9.17, 15) is 9.90 Å². The van der Waals surface area contributed by atoms with Gasteiger partial charge in [-0.25, -0.2) is 0 Å². The zero-order valence-corrected chi connectivity index (χ0v) is 9.95. The standard InChI is InChI=1S/C13H17NO2/c1-9(2)8-14(4)13(16)12-6-5-11(15)7-10(12)3/h5-7,15H,1,8H2,2-4H3. The van der Waals surface area contributed by atoms with Crippen molar-refractivity contribution in [2.24, 2.45) is 0 Å². The van der Waals surface area contributed by atoms with Gasteiger partial charge in [-0.2, -0.15) is 0 Å². The van der Waals surface area contributed by atoms with Crippen LogP contribution < -0.4 is 0 Å². The molecule has 0 radical (unpaired) electrons. The molecule has 1 amide bonds. The first-order valence-corrected chi connectivity index (χ1v) is 5.11. The number of hydrogen-bond acceptors (Lipinski definition) is 2. The monoisotopic (exact) mass is 219 g/mol. The second-order valence-electron chi connectivity index (χ2n) is 4.12. The summed E-state index contributed by atoms with van der Waals surface area (Å²) in [4.78, 5) is 13.6. The highest BCUT2D eigenvalue weighted by Gasteiger charge is 2.13. The highest BCUT2D eigenvalue weighted by molar-refractivity contribution is 5.95. The van der Waals surface area contributed by atoms with Crippen LogP contribution in [0.1, 0.15) is 22.8 Å². The van der Waals surface area contributed by atoms with E-state index in [1.165, 1.54) is 6.07 Å². The number of aromatic hydroxyl groups is 1. The Morgan fingerprint density at radius 1 is 1.50 bits per heavy atom. The fraction of sp³-hybridized carbons (Fsp3) is 0.308. The Balaban J connectivity index is 2.92. The predicted octanol–water partition coefficient (Wildman–Crippen LogP) is 2.35. The van der Waals surface area contributed by atoms with Crippen LogP contribution in [0.2, 0.25) is 0 Å². The largest absolute Gasteiger partial charge is 0.508 e. The third-order valence-electron chi connectivity index (χ3n) is 2.29. The fourth-order valence-corrected chi connectivity index (χ4v) is 1.57. The number of phenolic OH excluding ortho intramolecular Hbond substituents is 1. The molecule has 0 saturated carbocycles. The van der Waals surface area contributed by atoms with Crippen molar-refractivity contribution in [1.29, 1.82) is 0 Å². The maximum Gasteiger partial charge on any atom is 0.254 e. The van der Waals surface area contributed by atoms with E-state index < -0.39 is 0 Å². The summed E-state index contributed by atoms with van der Waals surface area (Å²) in [6.45, 7) is 8.00. The average Bonchev–Trinajstić information content (AvgIpc) is 2.15. The van der Waals surface area contributed by atoms with Gasteiger partial charge in [0.05, 0.1) is 0 Å². The van der Waals surface area contributed by atoms with Crippen molar-refractivity contribution in [3.8, 4) is 5.75 Å². The van der Waals surface area contributed by atoms with Crippen LogP contribution in [0.3, 0.4) is 0 Å². The lowest BCUT2D eigenvalue weighted by molar-refractivity contribution is 0.0806. The number of benzene rings is 1. The third kappa shape index (κ3) is 2.86. The third-order valence-corrected chi connectivity index (χ3v) is 2.29. The molecule has 1 N–H and O–H groups in total. The molecule has 0 fully saturated rings. The second kappa shape index (κ2) is 4.84. The van der Waals surface area contributed by atoms with Gasteiger partial charge in [-0.1, -0.05) is 12.2 Å². The maximum absolute atomic E-state index is 12.0. The van der Waals surface area contributed by atoms with Crippen molar-refractivity contribution in [2.45, 2.75) is 13.8 Å². The number of amides is 1. The summed E-state index contributed by atoms with van der Waals surface area (Å²) in [7, 11) is 1.74. The lowest BCUT2D eigenvalue weighted by atomic mass is 10.1. The first-order valence-electron chi connectivity index (χ1n) is 5.11. The minimum atomic E-state index is -0.0551. The summed E-state index contributed by atoms with van der Waals surface area (Å²) in [5, 5.41) is 9.26. The van der Waals surface area contributed by atoms with E-state index >= 15 is 0 Å². The van der Waals surface area contributed by atoms with Crippen molar-refractivity contribution in [1.82, 2.24) is 4.90 Å². The van der Waals surface area contributed by atoms with E-state index in [1.807, 2.05) is 13.8 Å². The molecule has 0 saturated heterocycles. The van der Waals surface area contributed by atoms with E-state index in [-0.39, 0.29) is 11.7 Å². The normalized spacial score (nSPS) is 9.94. The van der Waals surface area contributed by atoms with Crippen LogP contribution in [0, 0.1) is 6.92 Å². The Kier molecular flexibility index (Phi) is 3.72. The minimum absolute atomic E-state index is 0.0551. The Bertz CT molecular complexity index is 424. The molecule has 0 aliphatic heterocycles. The van der Waals surface area contributed by atoms with E-state index in [0.717, 1.165) is 11.1 Å². The number of carbonyl (C=O) groups excluding carboxylic acids is 1. The lowest BCUT2D eigenvalue weighted by Gasteiger charge is -2.18. The van der Waals surface area contributed by atoms with Crippen LogP contribution in [-0.2, 0) is 0 Å². The fourth-order valence-electron chi connectivity index (χ4n) is 1.57. The quantitative estimate of drug-likeness (QED) is 0.793. The van der Waals surface area contributed by atoms with E-state index in [4.69, 9.17) is 0 Å². The molecule has 1 aromatic rings. The highest BCUT2D eigenvalue weighted by Crippen LogP contribution is 2.17. The highest BCUT2D eigenvalue weighted by atomic mass is 16.3. The predicted molar refractivity (Wildman–Crippen MR) is 64.6 cm³/mol. The van der Waals surface area contributed by atoms with Crippen molar-refractivity contribution in [2.75, 3.05) is 13.6 Å². The van der Waals surface area contributed by atoms with Gasteiger partial charge in [0.15, 0.2) is 0 Å². The van der Waals surface area contributed by atoms with Crippen LogP contribution in [0.25, 0.3) is 0 Å². The molecule has 1 rings (SSSR count). The minimum Gasteiger partial charge on any atom is -0.508 e. The first-order chi connectivity index (χ1) is 7.41. The van der Waals surface area contributed by atoms with Crippen LogP contribution >= 0.6 is 0 Å². The second-order valence-corrected chi connectivity index (χ2v) is 4.12. The molecule has 0 atom stereocenters. The van der Waals surface area contributed by atoms with Crippen LogP contribution in [0.5, 0.6) is 5.75 Å². The number of carbonyl (C=O) groups is 1. The molecule has 0 aliphatic rings. The molecule has 0 heterocycles. The van der Waals surface area contributed by atoms with Crippen molar-refractivity contribution < 1.29 is 9.90 Å². The number of rotatable bonds is 3. The zero-order valence-electron chi connectivity index (χ0n) is 9.95. The van der Waals surface area contributed by atoms with E-state index in [1.54, 1.807) is 24.1 Å². The Labute approximate surface area is 96.0 Å². The summed E-state index contributed by atoms with van der Waals surface area (Å²) in [5.74, 6) is 0.122. The molecule has 86 valence electrons. The van der Waals surface area contributed by atoms with Gasteiger partial charge in [-0.3, -0.25) is 4.79 Å². The molecular weight excluding hydrogens is 202 g/mol. The molecule has 0 spiro atoms. The molecule has 16 heavy (non-hydrogen) atoms. The SMILES string of the molecule is C=C(C)CN(C)C(=O)c1ccc(O)cc1C. The summed E-state index contributed by atoms with van der Waals surface area (Å²) in [5.41, 5.74) is 2.33. The number of aryl methyl sites for hydroxylation is 1. The van der Waals surface area contributed by atoms with Gasteiger partial charge < -0.3 is 10.0 Å². The summed E-state index contributed by atoms with van der Waals surface area (Å²) >= 11 is 0. The molecule has 3 nitrogen and oxygen atoms in total. The Morgan fingerprint density at radius 3 is 2.62 bits per heavy atom. The number of nitrogens with zero attached hydrogens (tertiary/aromatic N) is 1. The topological polar surface area (TPSA) is 40.5 Å². The van der Waals surface area contributed by atoms with Crippen molar-refractivity contribution in [3.05, 3.63) is 41.5 Å². The molecule has 0 aromatic heterocycles. The van der Waals surface area contributed by atoms with Gasteiger partial charge in [0.2, 0.25) is 0 Å². The summed E-state index contributed by atoms with van der Waals surface area (Å²) in [6, 6.07) is 4.75.